The molecule has 1 heterocycles. The minimum Gasteiger partial charge on any atom is -0.452 e. The van der Waals surface area contributed by atoms with Crippen molar-refractivity contribution in [2.45, 2.75) is 18.9 Å². The van der Waals surface area contributed by atoms with Crippen molar-refractivity contribution >= 4 is 16.3 Å². The van der Waals surface area contributed by atoms with Crippen LogP contribution in [0.15, 0.2) is 0 Å². The van der Waals surface area contributed by atoms with E-state index < -0.39 is 16.3 Å². The summed E-state index contributed by atoms with van der Waals surface area (Å²) in [6, 6.07) is 0.338. The number of piperidine rings is 1. The van der Waals surface area contributed by atoms with E-state index in [1.165, 1.54) is 4.31 Å². The van der Waals surface area contributed by atoms with E-state index in [0.29, 0.717) is 19.1 Å². The molecule has 1 aliphatic heterocycles. The van der Waals surface area contributed by atoms with Crippen LogP contribution in [-0.4, -0.2) is 52.1 Å². The van der Waals surface area contributed by atoms with Crippen LogP contribution in [0.4, 0.5) is 4.79 Å². The smallest absolute Gasteiger partial charge is 0.421 e. The number of hydrogen-bond acceptors (Lipinski definition) is 5. The van der Waals surface area contributed by atoms with Crippen molar-refractivity contribution in [1.82, 2.24) is 14.3 Å². The highest BCUT2D eigenvalue weighted by Gasteiger charge is 2.28. The Morgan fingerprint density at radius 2 is 1.94 bits per heavy atom. The van der Waals surface area contributed by atoms with Gasteiger partial charge >= 0.3 is 16.3 Å². The van der Waals surface area contributed by atoms with Crippen LogP contribution in [0.1, 0.15) is 12.8 Å². The Hall–Kier alpha value is -0.860. The molecule has 0 aromatic heterocycles. The van der Waals surface area contributed by atoms with Crippen molar-refractivity contribution in [3.05, 3.63) is 0 Å². The lowest BCUT2D eigenvalue weighted by atomic mass is 10.1. The van der Waals surface area contributed by atoms with Gasteiger partial charge in [-0.25, -0.2) is 9.52 Å². The molecule has 0 atom stereocenters. The van der Waals surface area contributed by atoms with Crippen LogP contribution >= 0.6 is 0 Å². The number of amides is 1. The van der Waals surface area contributed by atoms with Crippen molar-refractivity contribution in [3.8, 4) is 0 Å². The van der Waals surface area contributed by atoms with E-state index in [-0.39, 0.29) is 0 Å². The number of nitrogens with zero attached hydrogens (tertiary/aromatic N) is 1. The molecule has 1 amide bonds. The van der Waals surface area contributed by atoms with Gasteiger partial charge < -0.3 is 10.1 Å². The van der Waals surface area contributed by atoms with Crippen molar-refractivity contribution in [3.63, 3.8) is 0 Å². The topological polar surface area (TPSA) is 87.7 Å². The molecule has 1 saturated heterocycles. The third kappa shape index (κ3) is 3.32. The lowest BCUT2D eigenvalue weighted by molar-refractivity contribution is 0.176. The Morgan fingerprint density at radius 1 is 1.38 bits per heavy atom. The summed E-state index contributed by atoms with van der Waals surface area (Å²) in [5, 5.41) is 3.09. The normalized spacial score (nSPS) is 19.4. The summed E-state index contributed by atoms with van der Waals surface area (Å²) in [4.78, 5) is 10.8. The van der Waals surface area contributed by atoms with E-state index in [2.05, 4.69) is 10.1 Å². The first-order valence-corrected chi connectivity index (χ1v) is 6.46. The molecule has 0 radical (unpaired) electrons. The van der Waals surface area contributed by atoms with Gasteiger partial charge in [0.25, 0.3) is 0 Å². The van der Waals surface area contributed by atoms with Crippen molar-refractivity contribution in [2.75, 3.05) is 27.2 Å². The molecule has 0 bridgehead atoms. The van der Waals surface area contributed by atoms with E-state index in [1.54, 1.807) is 0 Å². The predicted octanol–water partition coefficient (Wildman–Crippen LogP) is -0.729. The zero-order chi connectivity index (χ0) is 12.2. The van der Waals surface area contributed by atoms with Crippen molar-refractivity contribution in [1.29, 1.82) is 0 Å². The first-order chi connectivity index (χ1) is 7.49. The minimum atomic E-state index is -3.75. The highest BCUT2D eigenvalue weighted by molar-refractivity contribution is 7.87. The fourth-order valence-electron chi connectivity index (χ4n) is 1.60. The molecule has 1 aliphatic rings. The lowest BCUT2D eigenvalue weighted by Crippen LogP contribution is -2.49. The molecule has 94 valence electrons. The highest BCUT2D eigenvalue weighted by Crippen LogP contribution is 2.12. The summed E-state index contributed by atoms with van der Waals surface area (Å²) >= 11 is 0. The third-order valence-corrected chi connectivity index (χ3v) is 4.07. The van der Waals surface area contributed by atoms with Gasteiger partial charge in [-0.15, -0.1) is 0 Å². The van der Waals surface area contributed by atoms with Gasteiger partial charge in [-0.2, -0.15) is 12.7 Å². The van der Waals surface area contributed by atoms with Crippen molar-refractivity contribution in [2.24, 2.45) is 0 Å². The van der Waals surface area contributed by atoms with Gasteiger partial charge in [0.1, 0.15) is 0 Å². The number of carbonyl (C=O) groups is 1. The van der Waals surface area contributed by atoms with Crippen LogP contribution in [-0.2, 0) is 14.9 Å². The Labute approximate surface area is 95.3 Å². The maximum atomic E-state index is 11.6. The molecular weight excluding hydrogens is 234 g/mol. The zero-order valence-corrected chi connectivity index (χ0v) is 10.2. The SMILES string of the molecule is CNC1CCN(S(=O)(=O)NC(=O)OC)CC1. The van der Waals surface area contributed by atoms with Gasteiger partial charge in [0.05, 0.1) is 7.11 Å². The third-order valence-electron chi connectivity index (χ3n) is 2.60. The average molecular weight is 251 g/mol. The number of methoxy groups -OCH3 is 1. The summed E-state index contributed by atoms with van der Waals surface area (Å²) < 4.78 is 30.6. The van der Waals surface area contributed by atoms with Gasteiger partial charge in [-0.1, -0.05) is 0 Å². The number of ether oxygens (including phenoxy) is 1. The molecule has 16 heavy (non-hydrogen) atoms. The van der Waals surface area contributed by atoms with E-state index in [4.69, 9.17) is 0 Å². The molecule has 1 fully saturated rings. The Morgan fingerprint density at radius 3 is 2.38 bits per heavy atom. The lowest BCUT2D eigenvalue weighted by Gasteiger charge is -2.30. The van der Waals surface area contributed by atoms with Gasteiger partial charge in [-0.3, -0.25) is 0 Å². The van der Waals surface area contributed by atoms with Crippen LogP contribution in [0.2, 0.25) is 0 Å². The second-order valence-corrected chi connectivity index (χ2v) is 5.23. The molecule has 8 heteroatoms. The maximum Gasteiger partial charge on any atom is 0.421 e. The molecule has 0 aliphatic carbocycles. The van der Waals surface area contributed by atoms with Crippen LogP contribution in [0.5, 0.6) is 0 Å². The van der Waals surface area contributed by atoms with Crippen LogP contribution in [0.3, 0.4) is 0 Å². The summed E-state index contributed by atoms with van der Waals surface area (Å²) in [5.41, 5.74) is 0. The highest BCUT2D eigenvalue weighted by atomic mass is 32.2. The number of rotatable bonds is 3. The predicted molar refractivity (Wildman–Crippen MR) is 58.1 cm³/mol. The molecule has 0 unspecified atom stereocenters. The molecular formula is C8H17N3O4S. The standard InChI is InChI=1S/C8H17N3O4S/c1-9-7-3-5-11(6-4-7)16(13,14)10-8(12)15-2/h7,9H,3-6H2,1-2H3,(H,10,12). The van der Waals surface area contributed by atoms with Gasteiger partial charge in [0.2, 0.25) is 0 Å². The fraction of sp³-hybridized carbons (Fsp3) is 0.875. The van der Waals surface area contributed by atoms with Gasteiger partial charge in [-0.05, 0) is 19.9 Å². The van der Waals surface area contributed by atoms with Gasteiger partial charge in [0.15, 0.2) is 0 Å². The first kappa shape index (κ1) is 13.2. The quantitative estimate of drug-likeness (QED) is 0.690. The molecule has 0 spiro atoms. The Bertz CT molecular complexity index is 335. The monoisotopic (exact) mass is 251 g/mol. The fourth-order valence-corrected chi connectivity index (χ4v) is 2.71. The zero-order valence-electron chi connectivity index (χ0n) is 9.39. The molecule has 1 rings (SSSR count). The van der Waals surface area contributed by atoms with Crippen LogP contribution < -0.4 is 10.0 Å². The first-order valence-electron chi connectivity index (χ1n) is 5.02. The Balaban J connectivity index is 2.55. The van der Waals surface area contributed by atoms with E-state index in [1.807, 2.05) is 11.8 Å². The average Bonchev–Trinajstić information content (AvgIpc) is 2.28. The van der Waals surface area contributed by atoms with E-state index in [9.17, 15) is 13.2 Å². The number of nitrogens with one attached hydrogen (secondary N) is 2. The van der Waals surface area contributed by atoms with Gasteiger partial charge in [0, 0.05) is 19.1 Å². The van der Waals surface area contributed by atoms with Crippen molar-refractivity contribution < 1.29 is 17.9 Å². The largest absolute Gasteiger partial charge is 0.452 e. The summed E-state index contributed by atoms with van der Waals surface area (Å²) in [6.45, 7) is 0.801. The van der Waals surface area contributed by atoms with E-state index >= 15 is 0 Å². The Kier molecular flexibility index (Phi) is 4.51. The van der Waals surface area contributed by atoms with Crippen LogP contribution in [0, 0.1) is 0 Å². The van der Waals surface area contributed by atoms with E-state index in [0.717, 1.165) is 20.0 Å². The summed E-state index contributed by atoms with van der Waals surface area (Å²) in [6.07, 6.45) is 0.507. The van der Waals surface area contributed by atoms with Crippen LogP contribution in [0.25, 0.3) is 0 Å². The summed E-state index contributed by atoms with van der Waals surface area (Å²) in [7, 11) is -0.773. The molecule has 7 nitrogen and oxygen atoms in total. The molecule has 0 aromatic rings. The maximum absolute atomic E-state index is 11.6. The number of carbonyl (C=O) groups excluding carboxylic acids is 1. The minimum absolute atomic E-state index is 0.338. The molecule has 2 N–H and O–H groups in total. The molecule has 0 aromatic carbocycles. The summed E-state index contributed by atoms with van der Waals surface area (Å²) in [5.74, 6) is 0. The second kappa shape index (κ2) is 5.46. The second-order valence-electron chi connectivity index (χ2n) is 3.56. The number of hydrogen-bond donors (Lipinski definition) is 2. The molecule has 0 saturated carbocycles.